The van der Waals surface area contributed by atoms with Gasteiger partial charge in [0.2, 0.25) is 11.8 Å². The van der Waals surface area contributed by atoms with Crippen molar-refractivity contribution in [2.24, 2.45) is 11.7 Å². The van der Waals surface area contributed by atoms with Crippen LogP contribution in [0.5, 0.6) is 5.75 Å². The maximum atomic E-state index is 13.9. The van der Waals surface area contributed by atoms with Gasteiger partial charge in [-0.2, -0.15) is 0 Å². The number of nitrogens with one attached hydrogen (secondary N) is 2. The molecule has 1 aliphatic rings. The van der Waals surface area contributed by atoms with Crippen LogP contribution in [0.25, 0.3) is 10.8 Å². The van der Waals surface area contributed by atoms with Crippen LogP contribution in [0.1, 0.15) is 53.0 Å². The molecule has 1 fully saturated rings. The Morgan fingerprint density at radius 1 is 1.02 bits per heavy atom. The van der Waals surface area contributed by atoms with Gasteiger partial charge >= 0.3 is 0 Å². The molecule has 4 rings (SSSR count). The Labute approximate surface area is 284 Å². The summed E-state index contributed by atoms with van der Waals surface area (Å²) in [7, 11) is 0. The zero-order valence-electron chi connectivity index (χ0n) is 27.6. The molecule has 4 atom stereocenters. The molecule has 47 heavy (non-hydrogen) atoms. The molecule has 0 spiro atoms. The smallest absolute Gasteiger partial charge is 0.254 e. The number of carbonyl (C=O) groups is 4. The Hall–Kier alpha value is -3.80. The van der Waals surface area contributed by atoms with E-state index in [4.69, 9.17) is 10.5 Å². The van der Waals surface area contributed by atoms with Crippen LogP contribution in [0.2, 0.25) is 0 Å². The van der Waals surface area contributed by atoms with Gasteiger partial charge in [0.15, 0.2) is 17.4 Å². The maximum absolute atomic E-state index is 13.9. The van der Waals surface area contributed by atoms with Crippen molar-refractivity contribution in [2.45, 2.75) is 83.1 Å². The lowest BCUT2D eigenvalue weighted by molar-refractivity contribution is -0.148. The minimum atomic E-state index is -2.03. The van der Waals surface area contributed by atoms with Crippen LogP contribution < -0.4 is 21.1 Å². The second-order valence-electron chi connectivity index (χ2n) is 13.5. The number of aliphatic hydroxyl groups is 1. The van der Waals surface area contributed by atoms with Crippen molar-refractivity contribution in [3.05, 3.63) is 76.8 Å². The summed E-state index contributed by atoms with van der Waals surface area (Å²) in [6, 6.07) is 18.4. The van der Waals surface area contributed by atoms with Gasteiger partial charge < -0.3 is 31.1 Å². The average Bonchev–Trinajstić information content (AvgIpc) is 3.52. The number of nitrogens with two attached hydrogens (primary N) is 1. The van der Waals surface area contributed by atoms with Crippen molar-refractivity contribution in [3.8, 4) is 5.75 Å². The molecule has 0 saturated carbocycles. The molecule has 11 heteroatoms. The second-order valence-corrected chi connectivity index (χ2v) is 14.4. The van der Waals surface area contributed by atoms with E-state index in [2.05, 4.69) is 26.6 Å². The summed E-state index contributed by atoms with van der Waals surface area (Å²) in [5, 5.41) is 19.0. The van der Waals surface area contributed by atoms with E-state index in [1.165, 1.54) is 4.90 Å². The lowest BCUT2D eigenvalue weighted by Crippen LogP contribution is -2.67. The molecule has 0 radical (unpaired) electrons. The number of hydrogen-bond donors (Lipinski definition) is 4. The highest BCUT2D eigenvalue weighted by molar-refractivity contribution is 9.10. The summed E-state index contributed by atoms with van der Waals surface area (Å²) in [5.74, 6) is -2.67. The van der Waals surface area contributed by atoms with Crippen molar-refractivity contribution < 1.29 is 29.0 Å². The summed E-state index contributed by atoms with van der Waals surface area (Å²) in [4.78, 5) is 55.7. The average molecular weight is 710 g/mol. The van der Waals surface area contributed by atoms with Crippen LogP contribution in [0.4, 0.5) is 0 Å². The molecule has 1 saturated heterocycles. The number of Topliss-reactive ketones (excluding diaryl/α,β-unsaturated/α-hetero) is 1. The van der Waals surface area contributed by atoms with Crippen molar-refractivity contribution in [2.75, 3.05) is 13.2 Å². The number of rotatable bonds is 12. The quantitative estimate of drug-likeness (QED) is 0.209. The molecule has 3 amide bonds. The van der Waals surface area contributed by atoms with E-state index in [-0.39, 0.29) is 12.3 Å². The number of likely N-dealkylation sites (tertiary alicyclic amines) is 1. The molecular formula is C36H45BrN4O6. The highest BCUT2D eigenvalue weighted by Gasteiger charge is 2.47. The van der Waals surface area contributed by atoms with Crippen LogP contribution in [-0.2, 0) is 25.6 Å². The van der Waals surface area contributed by atoms with E-state index >= 15 is 0 Å². The van der Waals surface area contributed by atoms with E-state index in [1.54, 1.807) is 26.0 Å². The van der Waals surface area contributed by atoms with Gasteiger partial charge in [0.1, 0.15) is 18.4 Å². The monoisotopic (exact) mass is 708 g/mol. The van der Waals surface area contributed by atoms with Gasteiger partial charge in [-0.25, -0.2) is 0 Å². The Morgan fingerprint density at radius 2 is 1.68 bits per heavy atom. The first-order valence-corrected chi connectivity index (χ1v) is 16.7. The first-order chi connectivity index (χ1) is 22.1. The molecular weight excluding hydrogens is 664 g/mol. The van der Waals surface area contributed by atoms with E-state index in [1.807, 2.05) is 75.4 Å². The van der Waals surface area contributed by atoms with E-state index in [0.29, 0.717) is 25.1 Å². The van der Waals surface area contributed by atoms with Gasteiger partial charge in [-0.05, 0) is 86.6 Å². The lowest BCUT2D eigenvalue weighted by atomic mass is 9.82. The van der Waals surface area contributed by atoms with Crippen molar-refractivity contribution in [3.63, 3.8) is 0 Å². The molecule has 3 aromatic carbocycles. The van der Waals surface area contributed by atoms with Crippen LogP contribution >= 0.6 is 15.9 Å². The highest BCUT2D eigenvalue weighted by Crippen LogP contribution is 2.26. The van der Waals surface area contributed by atoms with Gasteiger partial charge in [-0.1, -0.05) is 72.2 Å². The zero-order chi connectivity index (χ0) is 34.5. The number of amides is 3. The second kappa shape index (κ2) is 15.0. The summed E-state index contributed by atoms with van der Waals surface area (Å²) >= 11 is 3.46. The number of nitrogens with zero attached hydrogens (tertiary/aromatic N) is 1. The van der Waals surface area contributed by atoms with Crippen LogP contribution in [-0.4, -0.2) is 75.9 Å². The molecule has 5 N–H and O–H groups in total. The topological polar surface area (TPSA) is 151 Å². The fourth-order valence-electron chi connectivity index (χ4n) is 5.76. The van der Waals surface area contributed by atoms with Crippen molar-refractivity contribution in [1.29, 1.82) is 0 Å². The largest absolute Gasteiger partial charge is 0.486 e. The third kappa shape index (κ3) is 8.77. The summed E-state index contributed by atoms with van der Waals surface area (Å²) in [5.41, 5.74) is 4.81. The molecule has 0 bridgehead atoms. The Morgan fingerprint density at radius 3 is 2.34 bits per heavy atom. The standard InChI is InChI=1S/C36H45BrN4O6/c1-22(2)36(38,30(42)21-47-27-16-14-24-19-26(37)15-13-25(24)20-27)34(46)39-28(18-23-10-7-6-8-11-23)31(43)33(45)41-17-9-12-29(41)32(44)40-35(3,4)5/h6-8,10-11,13-16,19-20,22,28-29,31,43H,9,12,17-18,21,38H2,1-5H3,(H,39,46)(H,40,44)/t28?,29-,31?,36+/m0/s1. The number of benzene rings is 3. The minimum Gasteiger partial charge on any atom is -0.486 e. The molecule has 3 aromatic rings. The van der Waals surface area contributed by atoms with Gasteiger partial charge in [0.05, 0.1) is 6.04 Å². The molecule has 252 valence electrons. The molecule has 10 nitrogen and oxygen atoms in total. The fraction of sp³-hybridized carbons (Fsp3) is 0.444. The number of ether oxygens (including phenoxy) is 1. The summed E-state index contributed by atoms with van der Waals surface area (Å²) < 4.78 is 6.74. The number of ketones is 1. The molecule has 2 unspecified atom stereocenters. The lowest BCUT2D eigenvalue weighted by Gasteiger charge is -2.35. The summed E-state index contributed by atoms with van der Waals surface area (Å²) in [6.07, 6.45) is -0.571. The van der Waals surface area contributed by atoms with E-state index in [0.717, 1.165) is 20.8 Å². The molecule has 0 aliphatic carbocycles. The highest BCUT2D eigenvalue weighted by atomic mass is 79.9. The third-order valence-electron chi connectivity index (χ3n) is 8.48. The number of halogens is 1. The van der Waals surface area contributed by atoms with Gasteiger partial charge in [-0.15, -0.1) is 0 Å². The number of fused-ring (bicyclic) bond motifs is 1. The molecule has 1 aliphatic heterocycles. The van der Waals surface area contributed by atoms with Crippen LogP contribution in [0.15, 0.2) is 71.2 Å². The zero-order valence-corrected chi connectivity index (χ0v) is 29.2. The fourth-order valence-corrected chi connectivity index (χ4v) is 6.14. The van der Waals surface area contributed by atoms with Crippen molar-refractivity contribution >= 4 is 50.2 Å². The van der Waals surface area contributed by atoms with Crippen LogP contribution in [0, 0.1) is 5.92 Å². The van der Waals surface area contributed by atoms with Gasteiger partial charge in [0.25, 0.3) is 5.91 Å². The first-order valence-electron chi connectivity index (χ1n) is 15.9. The predicted molar refractivity (Wildman–Crippen MR) is 185 cm³/mol. The Balaban J connectivity index is 1.53. The molecule has 1 heterocycles. The number of hydrogen-bond acceptors (Lipinski definition) is 7. The third-order valence-corrected chi connectivity index (χ3v) is 8.97. The summed E-state index contributed by atoms with van der Waals surface area (Å²) in [6.45, 7) is 8.70. The van der Waals surface area contributed by atoms with Gasteiger partial charge in [0, 0.05) is 16.6 Å². The van der Waals surface area contributed by atoms with Crippen LogP contribution in [0.3, 0.4) is 0 Å². The number of aliphatic hydroxyl groups excluding tert-OH is 1. The first kappa shape index (κ1) is 36.0. The maximum Gasteiger partial charge on any atom is 0.254 e. The van der Waals surface area contributed by atoms with Gasteiger partial charge in [-0.3, -0.25) is 19.2 Å². The molecule has 0 aromatic heterocycles. The van der Waals surface area contributed by atoms with Crippen molar-refractivity contribution in [1.82, 2.24) is 15.5 Å². The van der Waals surface area contributed by atoms with E-state index < -0.39 is 59.4 Å². The normalized spacial score (nSPS) is 17.6. The SMILES string of the molecule is CC(C)[C@@](N)(C(=O)COc1ccc2cc(Br)ccc2c1)C(=O)NC(Cc1ccccc1)C(O)C(=O)N1CCC[C@H]1C(=O)NC(C)(C)C. The Bertz CT molecular complexity index is 1610. The van der Waals surface area contributed by atoms with E-state index in [9.17, 15) is 24.3 Å². The minimum absolute atomic E-state index is 0.0816. The number of carbonyl (C=O) groups excluding carboxylic acids is 4. The Kier molecular flexibility index (Phi) is 11.5. The predicted octanol–water partition coefficient (Wildman–Crippen LogP) is 3.90.